The summed E-state index contributed by atoms with van der Waals surface area (Å²) in [5.74, 6) is -1.71. The van der Waals surface area contributed by atoms with Gasteiger partial charge in [-0.1, -0.05) is 0 Å². The van der Waals surface area contributed by atoms with Crippen molar-refractivity contribution in [2.45, 2.75) is 38.8 Å². The maximum absolute atomic E-state index is 12.9. The number of amides is 2. The van der Waals surface area contributed by atoms with Crippen LogP contribution in [-0.2, 0) is 9.59 Å². The molecule has 3 atom stereocenters. The second kappa shape index (κ2) is 6.38. The molecule has 0 aromatic heterocycles. The van der Waals surface area contributed by atoms with Gasteiger partial charge in [-0.2, -0.15) is 0 Å². The van der Waals surface area contributed by atoms with Crippen LogP contribution in [0.15, 0.2) is 18.2 Å². The second-order valence-corrected chi connectivity index (χ2v) is 6.83. The van der Waals surface area contributed by atoms with Gasteiger partial charge >= 0.3 is 5.97 Å². The molecule has 1 aromatic rings. The Balaban J connectivity index is 1.87. The van der Waals surface area contributed by atoms with Crippen LogP contribution >= 0.6 is 0 Å². The summed E-state index contributed by atoms with van der Waals surface area (Å²) in [6.45, 7) is 4.15. The minimum Gasteiger partial charge on any atom is -0.481 e. The Morgan fingerprint density at radius 1 is 1.28 bits per heavy atom. The summed E-state index contributed by atoms with van der Waals surface area (Å²) in [4.78, 5) is 39.8. The van der Waals surface area contributed by atoms with E-state index in [4.69, 9.17) is 0 Å². The molecule has 7 heteroatoms. The fraction of sp³-hybridized carbons (Fsp3) is 0.500. The number of likely N-dealkylation sites (N-methyl/N-ethyl adjacent to an activating group) is 1. The van der Waals surface area contributed by atoms with E-state index in [0.29, 0.717) is 30.6 Å². The molecule has 2 heterocycles. The summed E-state index contributed by atoms with van der Waals surface area (Å²) in [5.41, 5.74) is 1.93. The van der Waals surface area contributed by atoms with Gasteiger partial charge in [-0.25, -0.2) is 0 Å². The van der Waals surface area contributed by atoms with Crippen molar-refractivity contribution in [3.8, 4) is 0 Å². The van der Waals surface area contributed by atoms with Crippen molar-refractivity contribution in [3.63, 3.8) is 0 Å². The number of nitrogens with zero attached hydrogens (tertiary/aromatic N) is 2. The summed E-state index contributed by atoms with van der Waals surface area (Å²) >= 11 is 0. The van der Waals surface area contributed by atoms with Crippen LogP contribution in [0.2, 0.25) is 0 Å². The number of carboxylic acids is 1. The first-order valence-electron chi connectivity index (χ1n) is 8.52. The van der Waals surface area contributed by atoms with E-state index < -0.39 is 11.9 Å². The topological polar surface area (TPSA) is 90.0 Å². The maximum atomic E-state index is 12.9. The van der Waals surface area contributed by atoms with E-state index >= 15 is 0 Å². The van der Waals surface area contributed by atoms with Gasteiger partial charge in [-0.3, -0.25) is 14.4 Å². The van der Waals surface area contributed by atoms with Crippen molar-refractivity contribution >= 4 is 29.2 Å². The van der Waals surface area contributed by atoms with E-state index in [9.17, 15) is 19.5 Å². The monoisotopic (exact) mass is 345 g/mol. The molecular weight excluding hydrogens is 322 g/mol. The zero-order valence-electron chi connectivity index (χ0n) is 14.7. The zero-order chi connectivity index (χ0) is 18.3. The van der Waals surface area contributed by atoms with Gasteiger partial charge in [0.15, 0.2) is 0 Å². The average Bonchev–Trinajstić information content (AvgIpc) is 2.58. The van der Waals surface area contributed by atoms with Crippen LogP contribution in [0, 0.1) is 5.92 Å². The maximum Gasteiger partial charge on any atom is 0.308 e. The Morgan fingerprint density at radius 2 is 2.00 bits per heavy atom. The first-order valence-corrected chi connectivity index (χ1v) is 8.52. The highest BCUT2D eigenvalue weighted by Gasteiger charge is 2.36. The number of carbonyl (C=O) groups excluding carboxylic acids is 2. The predicted octanol–water partition coefficient (Wildman–Crippen LogP) is 1.79. The van der Waals surface area contributed by atoms with E-state index in [0.717, 1.165) is 5.69 Å². The highest BCUT2D eigenvalue weighted by Crippen LogP contribution is 2.33. The number of aliphatic carboxylic acids is 1. The lowest BCUT2D eigenvalue weighted by molar-refractivity contribution is -0.145. The van der Waals surface area contributed by atoms with Crippen LogP contribution in [0.1, 0.15) is 37.0 Å². The summed E-state index contributed by atoms with van der Waals surface area (Å²) in [6.07, 6.45) is 1.26. The first-order chi connectivity index (χ1) is 11.8. The lowest BCUT2D eigenvalue weighted by Gasteiger charge is -2.38. The molecular formula is C18H23N3O4. The molecule has 0 aliphatic carbocycles. The lowest BCUT2D eigenvalue weighted by atomic mass is 9.89. The van der Waals surface area contributed by atoms with Crippen molar-refractivity contribution in [1.29, 1.82) is 0 Å². The van der Waals surface area contributed by atoms with Gasteiger partial charge in [-0.05, 0) is 44.9 Å². The van der Waals surface area contributed by atoms with Crippen LogP contribution in [0.25, 0.3) is 0 Å². The molecule has 2 N–H and O–H groups in total. The summed E-state index contributed by atoms with van der Waals surface area (Å²) < 4.78 is 0. The molecule has 1 aromatic carbocycles. The van der Waals surface area contributed by atoms with Gasteiger partial charge in [0.25, 0.3) is 5.91 Å². The first kappa shape index (κ1) is 17.3. The molecule has 1 unspecified atom stereocenters. The molecule has 3 rings (SSSR count). The largest absolute Gasteiger partial charge is 0.481 e. The Morgan fingerprint density at radius 3 is 2.68 bits per heavy atom. The van der Waals surface area contributed by atoms with E-state index in [2.05, 4.69) is 5.32 Å². The van der Waals surface area contributed by atoms with Crippen LogP contribution in [0.3, 0.4) is 0 Å². The molecule has 1 fully saturated rings. The minimum atomic E-state index is -0.863. The summed E-state index contributed by atoms with van der Waals surface area (Å²) in [5, 5.41) is 12.2. The molecule has 134 valence electrons. The number of hydrogen-bond acceptors (Lipinski definition) is 4. The number of anilines is 2. The third-order valence-electron chi connectivity index (χ3n) is 5.41. The van der Waals surface area contributed by atoms with E-state index in [-0.39, 0.29) is 23.9 Å². The number of nitrogens with one attached hydrogen (secondary N) is 1. The van der Waals surface area contributed by atoms with Gasteiger partial charge in [-0.15, -0.1) is 0 Å². The smallest absolute Gasteiger partial charge is 0.308 e. The molecule has 2 aliphatic rings. The SMILES string of the molecule is CC1C(=O)Nc2cc(C(=O)N3CCC[C@@H](C(=O)O)[C@H]3C)ccc2N1C. The van der Waals surface area contributed by atoms with Crippen molar-refractivity contribution in [2.24, 2.45) is 5.92 Å². The lowest BCUT2D eigenvalue weighted by Crippen LogP contribution is -2.49. The van der Waals surface area contributed by atoms with Gasteiger partial charge in [0.1, 0.15) is 6.04 Å². The molecule has 25 heavy (non-hydrogen) atoms. The number of piperidine rings is 1. The Labute approximate surface area is 146 Å². The standard InChI is InChI=1S/C18H23N3O4/c1-10-13(18(24)25)5-4-8-21(10)17(23)12-6-7-15-14(9-12)19-16(22)11(2)20(15)3/h6-7,9-11,13H,4-5,8H2,1-3H3,(H,19,22)(H,24,25)/t10-,11?,13-/m1/s1. The molecule has 0 saturated carbocycles. The van der Waals surface area contributed by atoms with Crippen LogP contribution < -0.4 is 10.2 Å². The second-order valence-electron chi connectivity index (χ2n) is 6.83. The van der Waals surface area contributed by atoms with Crippen molar-refractivity contribution in [2.75, 3.05) is 23.8 Å². The molecule has 7 nitrogen and oxygen atoms in total. The normalized spacial score (nSPS) is 26.0. The third kappa shape index (κ3) is 2.94. The van der Waals surface area contributed by atoms with E-state index in [1.165, 1.54) is 0 Å². The highest BCUT2D eigenvalue weighted by molar-refractivity contribution is 6.05. The number of carboxylic acid groups (broad SMARTS) is 1. The highest BCUT2D eigenvalue weighted by atomic mass is 16.4. The van der Waals surface area contributed by atoms with Crippen LogP contribution in [-0.4, -0.2) is 53.5 Å². The fourth-order valence-electron chi connectivity index (χ4n) is 3.62. The van der Waals surface area contributed by atoms with Crippen LogP contribution in [0.5, 0.6) is 0 Å². The number of carbonyl (C=O) groups is 3. The number of likely N-dealkylation sites (tertiary alicyclic amines) is 1. The van der Waals surface area contributed by atoms with Crippen molar-refractivity contribution in [3.05, 3.63) is 23.8 Å². The van der Waals surface area contributed by atoms with Gasteiger partial charge in [0.05, 0.1) is 17.3 Å². The number of hydrogen-bond donors (Lipinski definition) is 2. The third-order valence-corrected chi connectivity index (χ3v) is 5.41. The Kier molecular flexibility index (Phi) is 4.41. The van der Waals surface area contributed by atoms with Gasteiger partial charge < -0.3 is 20.2 Å². The van der Waals surface area contributed by atoms with Gasteiger partial charge in [0.2, 0.25) is 5.91 Å². The molecule has 1 saturated heterocycles. The van der Waals surface area contributed by atoms with E-state index in [1.54, 1.807) is 24.0 Å². The molecule has 2 aliphatic heterocycles. The number of fused-ring (bicyclic) bond motifs is 1. The van der Waals surface area contributed by atoms with Crippen molar-refractivity contribution < 1.29 is 19.5 Å². The summed E-state index contributed by atoms with van der Waals surface area (Å²) in [7, 11) is 1.84. The predicted molar refractivity (Wildman–Crippen MR) is 93.8 cm³/mol. The molecule has 0 spiro atoms. The number of rotatable bonds is 2. The Hall–Kier alpha value is -2.57. The average molecular weight is 345 g/mol. The number of benzene rings is 1. The van der Waals surface area contributed by atoms with Crippen LogP contribution in [0.4, 0.5) is 11.4 Å². The quantitative estimate of drug-likeness (QED) is 0.853. The van der Waals surface area contributed by atoms with Gasteiger partial charge in [0, 0.05) is 25.2 Å². The molecule has 0 radical (unpaired) electrons. The van der Waals surface area contributed by atoms with E-state index in [1.807, 2.05) is 24.9 Å². The molecule has 0 bridgehead atoms. The van der Waals surface area contributed by atoms with Crippen molar-refractivity contribution in [1.82, 2.24) is 4.90 Å². The Bertz CT molecular complexity index is 733. The molecule has 2 amide bonds. The fourth-order valence-corrected chi connectivity index (χ4v) is 3.62. The summed E-state index contributed by atoms with van der Waals surface area (Å²) in [6, 6.07) is 4.61. The zero-order valence-corrected chi connectivity index (χ0v) is 14.7. The minimum absolute atomic E-state index is 0.114.